The number of rotatable bonds is 8. The van der Waals surface area contributed by atoms with Crippen LogP contribution in [0.2, 0.25) is 0 Å². The van der Waals surface area contributed by atoms with E-state index in [9.17, 15) is 0 Å². The highest BCUT2D eigenvalue weighted by Gasteiger charge is 2.39. The predicted molar refractivity (Wildman–Crippen MR) is 251 cm³/mol. The van der Waals surface area contributed by atoms with Gasteiger partial charge in [0.15, 0.2) is 0 Å². The maximum Gasteiger partial charge on any atom is 0.134 e. The summed E-state index contributed by atoms with van der Waals surface area (Å²) in [5.41, 5.74) is 12.4. The van der Waals surface area contributed by atoms with Crippen LogP contribution in [0.5, 0.6) is 5.75 Å². The van der Waals surface area contributed by atoms with Gasteiger partial charge in [-0.15, -0.1) is 11.3 Å². The average molecular weight is 776 g/mol. The van der Waals surface area contributed by atoms with Crippen LogP contribution in [-0.4, -0.2) is 6.10 Å². The van der Waals surface area contributed by atoms with Crippen LogP contribution < -0.4 is 9.64 Å². The molecule has 0 saturated heterocycles. The molecule has 4 unspecified atom stereocenters. The molecule has 0 amide bonds. The van der Waals surface area contributed by atoms with Crippen molar-refractivity contribution in [1.29, 1.82) is 0 Å². The minimum atomic E-state index is -0.137. The Hall–Kier alpha value is -6.94. The molecule has 0 radical (unpaired) electrons. The van der Waals surface area contributed by atoms with Gasteiger partial charge in [-0.25, -0.2) is 0 Å². The topological polar surface area (TPSA) is 12.5 Å². The van der Waals surface area contributed by atoms with Crippen molar-refractivity contribution < 1.29 is 4.74 Å². The molecule has 6 aromatic carbocycles. The lowest BCUT2D eigenvalue weighted by molar-refractivity contribution is 0.270. The lowest BCUT2D eigenvalue weighted by Gasteiger charge is -2.29. The largest absolute Gasteiger partial charge is 0.484 e. The smallest absolute Gasteiger partial charge is 0.134 e. The maximum atomic E-state index is 7.09. The highest BCUT2D eigenvalue weighted by atomic mass is 32.1. The van der Waals surface area contributed by atoms with Crippen molar-refractivity contribution in [3.8, 4) is 16.9 Å². The molecule has 4 aliphatic rings. The number of anilines is 3. The monoisotopic (exact) mass is 775 g/mol. The molecule has 0 bridgehead atoms. The molecule has 2 nitrogen and oxygen atoms in total. The Bertz CT molecular complexity index is 2990. The third kappa shape index (κ3) is 6.45. The number of hydrogen-bond donors (Lipinski definition) is 0. The van der Waals surface area contributed by atoms with E-state index in [0.717, 1.165) is 45.1 Å². The molecule has 0 saturated carbocycles. The Morgan fingerprint density at radius 2 is 1.36 bits per heavy atom. The van der Waals surface area contributed by atoms with E-state index in [1.54, 1.807) is 0 Å². The first-order chi connectivity index (χ1) is 29.1. The first kappa shape index (κ1) is 35.2. The van der Waals surface area contributed by atoms with Gasteiger partial charge in [0.2, 0.25) is 0 Å². The van der Waals surface area contributed by atoms with E-state index in [-0.39, 0.29) is 12.0 Å². The van der Waals surface area contributed by atoms with Crippen LogP contribution in [0.3, 0.4) is 0 Å². The Kier molecular flexibility index (Phi) is 8.83. The molecular weight excluding hydrogens is 735 g/mol. The van der Waals surface area contributed by atoms with Crippen LogP contribution in [0.4, 0.5) is 17.1 Å². The van der Waals surface area contributed by atoms with Crippen molar-refractivity contribution in [1.82, 2.24) is 0 Å². The molecule has 2 heterocycles. The zero-order chi connectivity index (χ0) is 39.3. The van der Waals surface area contributed by atoms with Gasteiger partial charge in [0.25, 0.3) is 0 Å². The van der Waals surface area contributed by atoms with Crippen molar-refractivity contribution in [2.75, 3.05) is 4.90 Å². The summed E-state index contributed by atoms with van der Waals surface area (Å²) in [6, 6.07) is 50.3. The molecule has 0 N–H and O–H groups in total. The maximum absolute atomic E-state index is 7.09. The van der Waals surface area contributed by atoms with Crippen molar-refractivity contribution in [2.45, 2.75) is 12.0 Å². The lowest BCUT2D eigenvalue weighted by atomic mass is 9.83. The lowest BCUT2D eigenvalue weighted by Crippen LogP contribution is -2.19. The number of thiophene rings is 1. The van der Waals surface area contributed by atoms with Gasteiger partial charge in [0.05, 0.1) is 5.69 Å². The molecule has 0 fully saturated rings. The van der Waals surface area contributed by atoms with E-state index in [2.05, 4.69) is 224 Å². The molecule has 11 rings (SSSR count). The van der Waals surface area contributed by atoms with Gasteiger partial charge in [-0.2, -0.15) is 0 Å². The van der Waals surface area contributed by atoms with E-state index in [1.807, 2.05) is 11.3 Å². The van der Waals surface area contributed by atoms with Crippen molar-refractivity contribution in [2.24, 2.45) is 11.8 Å². The molecule has 1 aliphatic heterocycles. The Morgan fingerprint density at radius 1 is 0.627 bits per heavy atom. The molecule has 1 aromatic heterocycles. The number of fused-ring (bicyclic) bond motifs is 7. The van der Waals surface area contributed by atoms with Crippen LogP contribution >= 0.6 is 11.3 Å². The van der Waals surface area contributed by atoms with Gasteiger partial charge in [-0.1, -0.05) is 164 Å². The van der Waals surface area contributed by atoms with Gasteiger partial charge < -0.3 is 9.64 Å². The molecule has 3 aliphatic carbocycles. The average Bonchev–Trinajstić information content (AvgIpc) is 3.87. The summed E-state index contributed by atoms with van der Waals surface area (Å²) in [6.45, 7) is 4.49. The number of hydrogen-bond acceptors (Lipinski definition) is 3. The molecule has 7 aromatic rings. The minimum absolute atomic E-state index is 0.0343. The zero-order valence-corrected chi connectivity index (χ0v) is 33.3. The minimum Gasteiger partial charge on any atom is -0.484 e. The highest BCUT2D eigenvalue weighted by Crippen LogP contribution is 2.54. The van der Waals surface area contributed by atoms with Crippen LogP contribution in [0.1, 0.15) is 22.6 Å². The Morgan fingerprint density at radius 3 is 2.19 bits per heavy atom. The number of nitrogens with zero attached hydrogens (tertiary/aromatic N) is 1. The standard InChI is InChI=1S/C56H41NOS/c1-37(20-21-38-22-23-41-14-8-9-17-43(41)34-38)39-24-27-45(28-25-39)57(46-29-33-54-50(36-46)48-18-10-11-19-53(48)59-54)51-32-31-47(42-15-6-3-7-16-42)56-55(51)49-30-26-44(35-52(49)58-56)40-12-4-2-5-13-40/h2-36,41,43,49,52H,1H2/b21-20-. The summed E-state index contributed by atoms with van der Waals surface area (Å²) < 4.78 is 9.67. The quantitative estimate of drug-likeness (QED) is 0.143. The summed E-state index contributed by atoms with van der Waals surface area (Å²) in [5.74, 6) is 1.83. The van der Waals surface area contributed by atoms with Crippen LogP contribution in [0, 0.1) is 11.8 Å². The Balaban J connectivity index is 1.02. The number of ether oxygens (including phenoxy) is 1. The molecule has 59 heavy (non-hydrogen) atoms. The second-order valence-electron chi connectivity index (χ2n) is 15.7. The van der Waals surface area contributed by atoms with E-state index in [0.29, 0.717) is 11.8 Å². The number of allylic oxidation sites excluding steroid dienone is 13. The van der Waals surface area contributed by atoms with E-state index in [4.69, 9.17) is 4.74 Å². The predicted octanol–water partition coefficient (Wildman–Crippen LogP) is 15.1. The second kappa shape index (κ2) is 14.8. The van der Waals surface area contributed by atoms with Gasteiger partial charge in [-0.05, 0) is 88.0 Å². The molecule has 3 heteroatoms. The van der Waals surface area contributed by atoms with Crippen molar-refractivity contribution in [3.63, 3.8) is 0 Å². The van der Waals surface area contributed by atoms with Crippen LogP contribution in [0.15, 0.2) is 225 Å². The van der Waals surface area contributed by atoms with Gasteiger partial charge in [0.1, 0.15) is 11.9 Å². The molecule has 0 spiro atoms. The third-order valence-electron chi connectivity index (χ3n) is 12.1. The van der Waals surface area contributed by atoms with Crippen LogP contribution in [-0.2, 0) is 0 Å². The SMILES string of the molecule is C=C(/C=C\C1=CC2C=CC=CC2C=C1)c1ccc(N(c2ccc3sc4ccccc4c3c2)c2ccc(-c3ccccc3)c3c2C2C=CC(c4ccccc4)=CC2O3)cc1. The first-order valence-electron chi connectivity index (χ1n) is 20.4. The number of benzene rings is 6. The van der Waals surface area contributed by atoms with E-state index in [1.165, 1.54) is 42.4 Å². The second-order valence-corrected chi connectivity index (χ2v) is 16.8. The molecular formula is C56H41NOS. The normalized spacial score (nSPS) is 19.9. The summed E-state index contributed by atoms with van der Waals surface area (Å²) >= 11 is 1.85. The summed E-state index contributed by atoms with van der Waals surface area (Å²) in [4.78, 5) is 2.43. The van der Waals surface area contributed by atoms with Crippen molar-refractivity contribution in [3.05, 3.63) is 241 Å². The fourth-order valence-corrected chi connectivity index (χ4v) is 10.2. The van der Waals surface area contributed by atoms with Crippen LogP contribution in [0.25, 0.3) is 42.4 Å². The summed E-state index contributed by atoms with van der Waals surface area (Å²) in [5, 5.41) is 2.55. The first-order valence-corrected chi connectivity index (χ1v) is 21.2. The van der Waals surface area contributed by atoms with Gasteiger partial charge in [-0.3, -0.25) is 0 Å². The van der Waals surface area contributed by atoms with Crippen molar-refractivity contribution >= 4 is 59.7 Å². The van der Waals surface area contributed by atoms with Gasteiger partial charge >= 0.3 is 0 Å². The Labute approximate surface area is 349 Å². The third-order valence-corrected chi connectivity index (χ3v) is 13.2. The fraction of sp³-hybridized carbons (Fsp3) is 0.0714. The highest BCUT2D eigenvalue weighted by molar-refractivity contribution is 7.25. The van der Waals surface area contributed by atoms with E-state index < -0.39 is 0 Å². The summed E-state index contributed by atoms with van der Waals surface area (Å²) in [7, 11) is 0. The fourth-order valence-electron chi connectivity index (χ4n) is 9.07. The zero-order valence-electron chi connectivity index (χ0n) is 32.5. The molecule has 4 atom stereocenters. The molecule has 282 valence electrons. The van der Waals surface area contributed by atoms with Gasteiger partial charge in [0, 0.05) is 60.4 Å². The van der Waals surface area contributed by atoms with E-state index >= 15 is 0 Å². The summed E-state index contributed by atoms with van der Waals surface area (Å²) in [6.07, 6.45) is 26.8.